The molecule has 0 aliphatic rings. The van der Waals surface area contributed by atoms with Gasteiger partial charge in [0.15, 0.2) is 5.82 Å². The lowest BCUT2D eigenvalue weighted by molar-refractivity contribution is -0.121. The molecule has 17 nitrogen and oxygen atoms in total. The minimum atomic E-state index is -3.34. The molecular formula is C29H38N8O9S. The number of nitrogens with two attached hydrogens (primary N) is 1. The van der Waals surface area contributed by atoms with Gasteiger partial charge in [0.2, 0.25) is 5.91 Å². The Bertz CT molecular complexity index is 1740. The maximum atomic E-state index is 13.3. The van der Waals surface area contributed by atoms with Crippen molar-refractivity contribution < 1.29 is 37.6 Å². The molecule has 254 valence electrons. The zero-order chi connectivity index (χ0) is 34.9. The van der Waals surface area contributed by atoms with Crippen LogP contribution in [0.15, 0.2) is 53.5 Å². The molecule has 0 radical (unpaired) electrons. The fraction of sp³-hybridized carbons (Fsp3) is 0.345. The molecule has 0 saturated heterocycles. The molecule has 47 heavy (non-hydrogen) atoms. The molecule has 6 N–H and O–H groups in total. The number of aromatic nitrogens is 2. The molecular weight excluding hydrogens is 636 g/mol. The van der Waals surface area contributed by atoms with Crippen molar-refractivity contribution in [2.24, 2.45) is 0 Å². The van der Waals surface area contributed by atoms with Crippen LogP contribution in [0.4, 0.5) is 26.8 Å². The van der Waals surface area contributed by atoms with Gasteiger partial charge in [-0.05, 0) is 48.9 Å². The summed E-state index contributed by atoms with van der Waals surface area (Å²) in [6.45, 7) is 3.17. The van der Waals surface area contributed by atoms with Gasteiger partial charge in [0.1, 0.15) is 27.8 Å². The SMILES string of the molecule is CNC(=O)ON(OC(=O)N(C)CCS(C)(=O)=O)c1ccc(CNC(=O)Cn2c(-c3cc(N)cc(O)c3)cnc(NC(C)C)c2=O)cc1. The smallest absolute Gasteiger partial charge is 0.436 e. The Hall–Kier alpha value is -5.52. The van der Waals surface area contributed by atoms with Crippen LogP contribution in [0.25, 0.3) is 11.3 Å². The van der Waals surface area contributed by atoms with Crippen molar-refractivity contribution in [1.82, 2.24) is 25.1 Å². The summed E-state index contributed by atoms with van der Waals surface area (Å²) in [6, 6.07) is 10.2. The van der Waals surface area contributed by atoms with Gasteiger partial charge in [-0.25, -0.2) is 23.0 Å². The number of nitrogen functional groups attached to an aromatic ring is 1. The number of rotatable bonds is 13. The summed E-state index contributed by atoms with van der Waals surface area (Å²) >= 11 is 0. The van der Waals surface area contributed by atoms with E-state index in [0.29, 0.717) is 16.4 Å². The zero-order valence-corrected chi connectivity index (χ0v) is 27.3. The van der Waals surface area contributed by atoms with E-state index in [1.807, 2.05) is 13.8 Å². The van der Waals surface area contributed by atoms with Crippen molar-refractivity contribution in [3.8, 4) is 17.0 Å². The molecule has 0 unspecified atom stereocenters. The van der Waals surface area contributed by atoms with Crippen LogP contribution in [-0.4, -0.2) is 84.8 Å². The van der Waals surface area contributed by atoms with Crippen LogP contribution < -0.4 is 32.5 Å². The fourth-order valence-corrected chi connectivity index (χ4v) is 4.55. The molecule has 0 fully saturated rings. The van der Waals surface area contributed by atoms with Gasteiger partial charge in [-0.2, -0.15) is 0 Å². The first kappa shape index (κ1) is 36.0. The van der Waals surface area contributed by atoms with Gasteiger partial charge in [-0.1, -0.05) is 12.1 Å². The first-order valence-electron chi connectivity index (χ1n) is 14.2. The Morgan fingerprint density at radius 1 is 1.11 bits per heavy atom. The predicted octanol–water partition coefficient (Wildman–Crippen LogP) is 1.44. The first-order chi connectivity index (χ1) is 22.1. The molecule has 3 amide bonds. The number of carbonyl (C=O) groups is 3. The summed E-state index contributed by atoms with van der Waals surface area (Å²) in [4.78, 5) is 66.2. The molecule has 0 aliphatic carbocycles. The van der Waals surface area contributed by atoms with Crippen molar-refractivity contribution in [1.29, 1.82) is 0 Å². The number of sulfone groups is 1. The highest BCUT2D eigenvalue weighted by molar-refractivity contribution is 7.90. The van der Waals surface area contributed by atoms with Crippen molar-refractivity contribution in [2.45, 2.75) is 33.0 Å². The number of benzene rings is 2. The molecule has 0 atom stereocenters. The number of amides is 3. The van der Waals surface area contributed by atoms with Gasteiger partial charge in [-0.15, -0.1) is 0 Å². The predicted molar refractivity (Wildman–Crippen MR) is 174 cm³/mol. The lowest BCUT2D eigenvalue weighted by Gasteiger charge is -2.24. The molecule has 0 saturated carbocycles. The largest absolute Gasteiger partial charge is 0.508 e. The Kier molecular flexibility index (Phi) is 12.0. The quantitative estimate of drug-likeness (QED) is 0.128. The second-order valence-electron chi connectivity index (χ2n) is 10.7. The van der Waals surface area contributed by atoms with Crippen LogP contribution in [-0.2, 0) is 37.4 Å². The molecule has 0 aliphatic heterocycles. The van der Waals surface area contributed by atoms with Crippen molar-refractivity contribution >= 4 is 45.1 Å². The highest BCUT2D eigenvalue weighted by Crippen LogP contribution is 2.26. The van der Waals surface area contributed by atoms with E-state index in [2.05, 4.69) is 20.9 Å². The Balaban J connectivity index is 1.75. The van der Waals surface area contributed by atoms with Crippen molar-refractivity contribution in [3.63, 3.8) is 0 Å². The van der Waals surface area contributed by atoms with Crippen LogP contribution in [0.5, 0.6) is 5.75 Å². The van der Waals surface area contributed by atoms with Gasteiger partial charge >= 0.3 is 12.2 Å². The monoisotopic (exact) mass is 674 g/mol. The lowest BCUT2D eigenvalue weighted by atomic mass is 10.1. The maximum Gasteiger partial charge on any atom is 0.436 e. The summed E-state index contributed by atoms with van der Waals surface area (Å²) in [6.07, 6.45) is 0.510. The Labute approximate surface area is 271 Å². The average Bonchev–Trinajstić information content (AvgIpc) is 2.99. The van der Waals surface area contributed by atoms with Crippen molar-refractivity contribution in [2.75, 3.05) is 48.9 Å². The highest BCUT2D eigenvalue weighted by atomic mass is 32.2. The van der Waals surface area contributed by atoms with Crippen LogP contribution in [0, 0.1) is 0 Å². The summed E-state index contributed by atoms with van der Waals surface area (Å²) in [5, 5.41) is 18.5. The standard InChI is InChI=1S/C29H38N8O9S/c1-18(2)34-26-27(40)36(24(16-33-26)20-12-21(30)14-23(38)13-20)17-25(39)32-15-19-6-8-22(9-7-19)37(45-28(41)31-3)46-29(42)35(4)10-11-47(5,43)44/h6-9,12-14,16,18,38H,10-11,15,17,30H2,1-5H3,(H,31,41)(H,32,39)(H,33,34). The first-order valence-corrected chi connectivity index (χ1v) is 16.2. The molecule has 1 aromatic heterocycles. The second-order valence-corrected chi connectivity index (χ2v) is 13.0. The van der Waals surface area contributed by atoms with Gasteiger partial charge < -0.3 is 31.7 Å². The minimum Gasteiger partial charge on any atom is -0.508 e. The summed E-state index contributed by atoms with van der Waals surface area (Å²) in [7, 11) is -0.719. The summed E-state index contributed by atoms with van der Waals surface area (Å²) in [5.41, 5.74) is 6.96. The minimum absolute atomic E-state index is 0.0365. The number of aromatic hydroxyl groups is 1. The number of phenols is 1. The highest BCUT2D eigenvalue weighted by Gasteiger charge is 2.22. The van der Waals surface area contributed by atoms with Gasteiger partial charge in [-0.3, -0.25) is 23.8 Å². The number of hydrogen-bond acceptors (Lipinski definition) is 13. The third-order valence-corrected chi connectivity index (χ3v) is 7.22. The molecule has 3 rings (SSSR count). The average molecular weight is 675 g/mol. The second kappa shape index (κ2) is 15.7. The number of anilines is 3. The molecule has 0 bridgehead atoms. The third-order valence-electron chi connectivity index (χ3n) is 6.29. The van der Waals surface area contributed by atoms with E-state index in [9.17, 15) is 32.7 Å². The lowest BCUT2D eigenvalue weighted by Crippen LogP contribution is -2.40. The Morgan fingerprint density at radius 2 is 1.79 bits per heavy atom. The van der Waals surface area contributed by atoms with Crippen LogP contribution in [0.3, 0.4) is 0 Å². The zero-order valence-electron chi connectivity index (χ0n) is 26.5. The van der Waals surface area contributed by atoms with Gasteiger partial charge in [0, 0.05) is 56.8 Å². The number of carbonyl (C=O) groups excluding carboxylic acids is 3. The number of phenolic OH excluding ortho intramolecular Hbond substituents is 1. The molecule has 18 heteroatoms. The van der Waals surface area contributed by atoms with Crippen LogP contribution in [0.2, 0.25) is 0 Å². The van der Waals surface area contributed by atoms with Gasteiger partial charge in [0.05, 0.1) is 17.6 Å². The number of nitrogens with one attached hydrogen (secondary N) is 3. The van der Waals surface area contributed by atoms with E-state index in [4.69, 9.17) is 15.4 Å². The van der Waals surface area contributed by atoms with Gasteiger partial charge in [0.25, 0.3) is 5.56 Å². The van der Waals surface area contributed by atoms with E-state index in [0.717, 1.165) is 11.2 Å². The van der Waals surface area contributed by atoms with E-state index in [-0.39, 0.29) is 60.1 Å². The van der Waals surface area contributed by atoms with E-state index in [1.54, 1.807) is 18.2 Å². The van der Waals surface area contributed by atoms with E-state index in [1.165, 1.54) is 49.1 Å². The maximum absolute atomic E-state index is 13.3. The summed E-state index contributed by atoms with van der Waals surface area (Å²) in [5.74, 6) is -0.884. The van der Waals surface area contributed by atoms with Crippen LogP contribution in [0.1, 0.15) is 19.4 Å². The van der Waals surface area contributed by atoms with Crippen molar-refractivity contribution in [3.05, 3.63) is 64.6 Å². The number of nitrogens with zero attached hydrogens (tertiary/aromatic N) is 4. The summed E-state index contributed by atoms with van der Waals surface area (Å²) < 4.78 is 24.1. The topological polar surface area (TPSA) is 228 Å². The van der Waals surface area contributed by atoms with E-state index < -0.39 is 33.5 Å². The molecule has 0 spiro atoms. The Morgan fingerprint density at radius 3 is 2.38 bits per heavy atom. The normalized spacial score (nSPS) is 11.0. The number of hydrogen-bond donors (Lipinski definition) is 5. The third kappa shape index (κ3) is 10.8. The molecule has 1 heterocycles. The van der Waals surface area contributed by atoms with E-state index >= 15 is 0 Å². The van der Waals surface area contributed by atoms with Crippen LogP contribution >= 0.6 is 0 Å². The molecule has 3 aromatic rings. The fourth-order valence-electron chi connectivity index (χ4n) is 3.95. The molecule has 2 aromatic carbocycles.